The van der Waals surface area contributed by atoms with Gasteiger partial charge in [-0.05, 0) is 36.6 Å². The molecule has 0 aliphatic carbocycles. The number of methoxy groups -OCH3 is 2. The van der Waals surface area contributed by atoms with Crippen LogP contribution < -0.4 is 10.4 Å². The van der Waals surface area contributed by atoms with Gasteiger partial charge in [0.25, 0.3) is 0 Å². The van der Waals surface area contributed by atoms with Crippen molar-refractivity contribution < 1.29 is 18.7 Å². The first-order valence-corrected chi connectivity index (χ1v) is 7.28. The van der Waals surface area contributed by atoms with E-state index in [1.807, 2.05) is 0 Å². The van der Waals surface area contributed by atoms with Crippen molar-refractivity contribution in [2.24, 2.45) is 0 Å². The van der Waals surface area contributed by atoms with Crippen LogP contribution in [-0.2, 0) is 4.74 Å². The maximum absolute atomic E-state index is 12.0. The third-order valence-electron chi connectivity index (χ3n) is 2.90. The van der Waals surface area contributed by atoms with Crippen LogP contribution in [0.3, 0.4) is 0 Å². The molecule has 0 saturated carbocycles. The average Bonchev–Trinajstić information content (AvgIpc) is 2.53. The monoisotopic (exact) mass is 306 g/mol. The molecule has 0 bridgehead atoms. The summed E-state index contributed by atoms with van der Waals surface area (Å²) in [6, 6.07) is 8.74. The number of carbonyl (C=O) groups excluding carboxylic acids is 1. The Hall–Kier alpha value is -2.21. The summed E-state index contributed by atoms with van der Waals surface area (Å²) in [6.45, 7) is 0. The SMILES string of the molecule is COC(=O)c1c(SC)cc(-c2ccc(OC)cc2)oc1=O. The highest BCUT2D eigenvalue weighted by molar-refractivity contribution is 7.98. The molecular weight excluding hydrogens is 292 g/mol. The second-order valence-electron chi connectivity index (χ2n) is 4.06. The lowest BCUT2D eigenvalue weighted by atomic mass is 10.1. The van der Waals surface area contributed by atoms with Gasteiger partial charge in [0, 0.05) is 10.5 Å². The zero-order chi connectivity index (χ0) is 15.4. The smallest absolute Gasteiger partial charge is 0.352 e. The minimum absolute atomic E-state index is 0.0812. The van der Waals surface area contributed by atoms with E-state index in [4.69, 9.17) is 9.15 Å². The first kappa shape index (κ1) is 15.2. The number of hydrogen-bond donors (Lipinski definition) is 0. The molecule has 0 aliphatic rings. The number of thioether (sulfide) groups is 1. The lowest BCUT2D eigenvalue weighted by Gasteiger charge is -2.07. The quantitative estimate of drug-likeness (QED) is 0.639. The molecule has 2 rings (SSSR count). The number of esters is 1. The highest BCUT2D eigenvalue weighted by Gasteiger charge is 2.19. The summed E-state index contributed by atoms with van der Waals surface area (Å²) in [5, 5.41) is 0. The molecule has 0 atom stereocenters. The van der Waals surface area contributed by atoms with Gasteiger partial charge in [-0.3, -0.25) is 0 Å². The van der Waals surface area contributed by atoms with Crippen molar-refractivity contribution in [3.05, 3.63) is 46.3 Å². The Morgan fingerprint density at radius 1 is 1.19 bits per heavy atom. The standard InChI is InChI=1S/C15H14O5S/c1-18-10-6-4-9(5-7-10)11-8-12(21-3)13(14(16)19-2)15(17)20-11/h4-8H,1-3H3. The van der Waals surface area contributed by atoms with Crippen LogP contribution in [0.5, 0.6) is 5.75 Å². The second kappa shape index (κ2) is 6.49. The van der Waals surface area contributed by atoms with E-state index >= 15 is 0 Å². The summed E-state index contributed by atoms with van der Waals surface area (Å²) in [5.74, 6) is 0.395. The Morgan fingerprint density at radius 2 is 1.86 bits per heavy atom. The van der Waals surface area contributed by atoms with E-state index in [0.717, 1.165) is 5.56 Å². The predicted molar refractivity (Wildman–Crippen MR) is 80.1 cm³/mol. The molecule has 1 aromatic carbocycles. The summed E-state index contributed by atoms with van der Waals surface area (Å²) in [6.07, 6.45) is 1.78. The molecule has 6 heteroatoms. The van der Waals surface area contributed by atoms with Crippen LogP contribution in [0.1, 0.15) is 10.4 Å². The summed E-state index contributed by atoms with van der Waals surface area (Å²) in [4.78, 5) is 24.2. The Labute approximate surface area is 125 Å². The highest BCUT2D eigenvalue weighted by Crippen LogP contribution is 2.27. The molecule has 0 amide bonds. The fourth-order valence-corrected chi connectivity index (χ4v) is 2.41. The molecule has 0 N–H and O–H groups in total. The van der Waals surface area contributed by atoms with Crippen molar-refractivity contribution in [3.63, 3.8) is 0 Å². The normalized spacial score (nSPS) is 10.2. The van der Waals surface area contributed by atoms with E-state index in [1.165, 1.54) is 18.9 Å². The van der Waals surface area contributed by atoms with Gasteiger partial charge >= 0.3 is 11.6 Å². The molecule has 2 aromatic rings. The van der Waals surface area contributed by atoms with Gasteiger partial charge < -0.3 is 13.9 Å². The van der Waals surface area contributed by atoms with Crippen molar-refractivity contribution in [1.82, 2.24) is 0 Å². The van der Waals surface area contributed by atoms with Gasteiger partial charge in [0.05, 0.1) is 14.2 Å². The van der Waals surface area contributed by atoms with Gasteiger partial charge in [0.15, 0.2) is 5.56 Å². The van der Waals surface area contributed by atoms with E-state index in [-0.39, 0.29) is 5.56 Å². The van der Waals surface area contributed by atoms with Crippen LogP contribution in [0, 0.1) is 0 Å². The van der Waals surface area contributed by atoms with Crippen LogP contribution in [0.4, 0.5) is 0 Å². The second-order valence-corrected chi connectivity index (χ2v) is 4.91. The fraction of sp³-hybridized carbons (Fsp3) is 0.200. The van der Waals surface area contributed by atoms with Crippen LogP contribution in [0.2, 0.25) is 0 Å². The molecule has 0 spiro atoms. The maximum Gasteiger partial charge on any atom is 0.352 e. The molecule has 1 aromatic heterocycles. The van der Waals surface area contributed by atoms with Gasteiger partial charge in [0.2, 0.25) is 0 Å². The molecular formula is C15H14O5S. The summed E-state index contributed by atoms with van der Waals surface area (Å²) < 4.78 is 14.9. The maximum atomic E-state index is 12.0. The van der Waals surface area contributed by atoms with Crippen LogP contribution >= 0.6 is 11.8 Å². The van der Waals surface area contributed by atoms with E-state index in [9.17, 15) is 9.59 Å². The zero-order valence-corrected chi connectivity index (χ0v) is 12.7. The van der Waals surface area contributed by atoms with Gasteiger partial charge in [-0.2, -0.15) is 0 Å². The Balaban J connectivity index is 2.53. The Bertz CT molecular complexity index is 703. The molecule has 110 valence electrons. The summed E-state index contributed by atoms with van der Waals surface area (Å²) in [7, 11) is 2.80. The molecule has 0 fully saturated rings. The average molecular weight is 306 g/mol. The number of hydrogen-bond acceptors (Lipinski definition) is 6. The minimum Gasteiger partial charge on any atom is -0.497 e. The van der Waals surface area contributed by atoms with E-state index in [0.29, 0.717) is 16.4 Å². The minimum atomic E-state index is -0.709. The first-order valence-electron chi connectivity index (χ1n) is 6.05. The van der Waals surface area contributed by atoms with E-state index in [2.05, 4.69) is 4.74 Å². The van der Waals surface area contributed by atoms with Crippen LogP contribution in [-0.4, -0.2) is 26.4 Å². The third kappa shape index (κ3) is 3.11. The largest absolute Gasteiger partial charge is 0.497 e. The molecule has 0 aliphatic heterocycles. The molecule has 0 radical (unpaired) electrons. The van der Waals surface area contributed by atoms with Gasteiger partial charge in [-0.1, -0.05) is 0 Å². The number of benzene rings is 1. The van der Waals surface area contributed by atoms with Crippen molar-refractivity contribution in [2.75, 3.05) is 20.5 Å². The Morgan fingerprint density at radius 3 is 2.38 bits per heavy atom. The predicted octanol–water partition coefficient (Wildman–Crippen LogP) is 2.82. The van der Waals surface area contributed by atoms with Crippen LogP contribution in [0.25, 0.3) is 11.3 Å². The number of rotatable bonds is 4. The molecule has 5 nitrogen and oxygen atoms in total. The van der Waals surface area contributed by atoms with Gasteiger partial charge in [0.1, 0.15) is 11.5 Å². The summed E-state index contributed by atoms with van der Waals surface area (Å²) in [5.41, 5.74) is -0.0682. The van der Waals surface area contributed by atoms with Crippen molar-refractivity contribution in [3.8, 4) is 17.1 Å². The summed E-state index contributed by atoms with van der Waals surface area (Å²) >= 11 is 1.28. The van der Waals surface area contributed by atoms with Crippen molar-refractivity contribution >= 4 is 17.7 Å². The van der Waals surface area contributed by atoms with Gasteiger partial charge in [-0.15, -0.1) is 11.8 Å². The fourth-order valence-electron chi connectivity index (χ4n) is 1.82. The molecule has 1 heterocycles. The molecule has 0 unspecified atom stereocenters. The lowest BCUT2D eigenvalue weighted by Crippen LogP contribution is -2.17. The first-order chi connectivity index (χ1) is 10.1. The van der Waals surface area contributed by atoms with Crippen LogP contribution in [0.15, 0.2) is 44.4 Å². The highest BCUT2D eigenvalue weighted by atomic mass is 32.2. The Kier molecular flexibility index (Phi) is 4.70. The van der Waals surface area contributed by atoms with E-state index in [1.54, 1.807) is 43.7 Å². The third-order valence-corrected chi connectivity index (χ3v) is 3.66. The number of ether oxygens (including phenoxy) is 2. The lowest BCUT2D eigenvalue weighted by molar-refractivity contribution is 0.0591. The van der Waals surface area contributed by atoms with Crippen molar-refractivity contribution in [1.29, 1.82) is 0 Å². The molecule has 0 saturated heterocycles. The molecule has 21 heavy (non-hydrogen) atoms. The van der Waals surface area contributed by atoms with E-state index < -0.39 is 11.6 Å². The van der Waals surface area contributed by atoms with Gasteiger partial charge in [-0.25, -0.2) is 9.59 Å². The van der Waals surface area contributed by atoms with Crippen molar-refractivity contribution in [2.45, 2.75) is 4.90 Å². The number of carbonyl (C=O) groups is 1. The zero-order valence-electron chi connectivity index (χ0n) is 11.8. The topological polar surface area (TPSA) is 65.7 Å².